The number of primary amides is 1. The maximum Gasteiger partial charge on any atom is 0.235 e. The van der Waals surface area contributed by atoms with Gasteiger partial charge in [0.1, 0.15) is 0 Å². The molecular weight excluding hydrogens is 232 g/mol. The molecule has 2 atom stereocenters. The Balaban J connectivity index is 2.01. The molecule has 2 heterocycles. The molecule has 6 heteroatoms. The Morgan fingerprint density at radius 1 is 1.44 bits per heavy atom. The molecule has 2 aliphatic rings. The third-order valence-electron chi connectivity index (χ3n) is 3.95. The molecule has 0 bridgehead atoms. The number of nitrogens with two attached hydrogens (primary N) is 2. The number of rotatable bonds is 4. The monoisotopic (exact) mass is 256 g/mol. The molecule has 2 aliphatic heterocycles. The highest BCUT2D eigenvalue weighted by atomic mass is 16.5. The summed E-state index contributed by atoms with van der Waals surface area (Å²) in [6.45, 7) is 4.56. The number of hydrogen-bond acceptors (Lipinski definition) is 5. The summed E-state index contributed by atoms with van der Waals surface area (Å²) in [4.78, 5) is 13.9. The van der Waals surface area contributed by atoms with E-state index in [1.54, 1.807) is 0 Å². The van der Waals surface area contributed by atoms with Gasteiger partial charge >= 0.3 is 0 Å². The van der Waals surface area contributed by atoms with Gasteiger partial charge in [0.15, 0.2) is 0 Å². The molecule has 1 amide bonds. The van der Waals surface area contributed by atoms with E-state index in [2.05, 4.69) is 10.2 Å². The molecule has 6 nitrogen and oxygen atoms in total. The van der Waals surface area contributed by atoms with Crippen LogP contribution < -0.4 is 16.8 Å². The maximum absolute atomic E-state index is 11.8. The summed E-state index contributed by atoms with van der Waals surface area (Å²) in [6, 6.07) is -0.162. The van der Waals surface area contributed by atoms with Gasteiger partial charge in [-0.2, -0.15) is 0 Å². The van der Waals surface area contributed by atoms with Crippen LogP contribution in [0.15, 0.2) is 0 Å². The molecule has 2 saturated heterocycles. The average molecular weight is 256 g/mol. The summed E-state index contributed by atoms with van der Waals surface area (Å²) in [7, 11) is 0. The van der Waals surface area contributed by atoms with E-state index in [9.17, 15) is 4.79 Å². The molecule has 0 aromatic carbocycles. The molecule has 18 heavy (non-hydrogen) atoms. The number of hydrogen-bond donors (Lipinski definition) is 3. The van der Waals surface area contributed by atoms with Crippen molar-refractivity contribution >= 4 is 5.91 Å². The lowest BCUT2D eigenvalue weighted by atomic mass is 9.88. The van der Waals surface area contributed by atoms with Crippen LogP contribution in [0, 0.1) is 5.92 Å². The van der Waals surface area contributed by atoms with Crippen molar-refractivity contribution in [1.29, 1.82) is 0 Å². The van der Waals surface area contributed by atoms with Crippen molar-refractivity contribution in [2.75, 3.05) is 39.3 Å². The van der Waals surface area contributed by atoms with E-state index in [0.717, 1.165) is 32.5 Å². The Kier molecular flexibility index (Phi) is 4.94. The van der Waals surface area contributed by atoms with Gasteiger partial charge in [0, 0.05) is 19.6 Å². The van der Waals surface area contributed by atoms with Crippen LogP contribution in [0.2, 0.25) is 0 Å². The number of nitrogens with zero attached hydrogens (tertiary/aromatic N) is 1. The fourth-order valence-electron chi connectivity index (χ4n) is 3.01. The zero-order valence-electron chi connectivity index (χ0n) is 10.8. The average Bonchev–Trinajstić information content (AvgIpc) is 2.40. The minimum atomic E-state index is -0.209. The van der Waals surface area contributed by atoms with Gasteiger partial charge in [0.25, 0.3) is 0 Å². The Labute approximate surface area is 108 Å². The first-order chi connectivity index (χ1) is 8.72. The van der Waals surface area contributed by atoms with Gasteiger partial charge in [-0.1, -0.05) is 0 Å². The van der Waals surface area contributed by atoms with Crippen LogP contribution in [0.1, 0.15) is 12.8 Å². The summed E-state index contributed by atoms with van der Waals surface area (Å²) < 4.78 is 5.54. The molecular formula is C12H24N4O2. The fourth-order valence-corrected chi connectivity index (χ4v) is 3.01. The molecule has 0 aromatic rings. The quantitative estimate of drug-likeness (QED) is 0.569. The van der Waals surface area contributed by atoms with Gasteiger partial charge in [0.2, 0.25) is 5.91 Å². The van der Waals surface area contributed by atoms with Crippen molar-refractivity contribution in [3.63, 3.8) is 0 Å². The van der Waals surface area contributed by atoms with E-state index >= 15 is 0 Å². The molecule has 0 aromatic heterocycles. The lowest BCUT2D eigenvalue weighted by Crippen LogP contribution is -2.57. The first-order valence-corrected chi connectivity index (χ1v) is 6.78. The summed E-state index contributed by atoms with van der Waals surface area (Å²) in [5.74, 6) is 0.153. The van der Waals surface area contributed by atoms with Crippen molar-refractivity contribution in [3.8, 4) is 0 Å². The summed E-state index contributed by atoms with van der Waals surface area (Å²) >= 11 is 0. The molecule has 0 aliphatic carbocycles. The second-order valence-corrected chi connectivity index (χ2v) is 5.16. The van der Waals surface area contributed by atoms with Crippen molar-refractivity contribution in [2.45, 2.75) is 25.0 Å². The standard InChI is InChI=1S/C12H24N4O2/c13-7-10-8-16(5-6-18-10)11(12(14)17)9-1-3-15-4-2-9/h9-11,15H,1-8,13H2,(H2,14,17). The SMILES string of the molecule is NCC1CN(C(C(N)=O)C2CCNCC2)CCO1. The lowest BCUT2D eigenvalue weighted by Gasteiger charge is -2.41. The lowest BCUT2D eigenvalue weighted by molar-refractivity contribution is -0.129. The normalized spacial score (nSPS) is 29.1. The molecule has 0 saturated carbocycles. The maximum atomic E-state index is 11.8. The number of carbonyl (C=O) groups excluding carboxylic acids is 1. The third kappa shape index (κ3) is 3.20. The van der Waals surface area contributed by atoms with Crippen LogP contribution in [0.25, 0.3) is 0 Å². The molecule has 5 N–H and O–H groups in total. The molecule has 104 valence electrons. The van der Waals surface area contributed by atoms with E-state index in [-0.39, 0.29) is 18.1 Å². The summed E-state index contributed by atoms with van der Waals surface area (Å²) in [5, 5.41) is 3.32. The van der Waals surface area contributed by atoms with Gasteiger partial charge in [-0.05, 0) is 31.8 Å². The number of morpholine rings is 1. The van der Waals surface area contributed by atoms with Gasteiger partial charge in [-0.3, -0.25) is 9.69 Å². The number of piperidine rings is 1. The van der Waals surface area contributed by atoms with Crippen LogP contribution in [0.4, 0.5) is 0 Å². The smallest absolute Gasteiger partial charge is 0.235 e. The first-order valence-electron chi connectivity index (χ1n) is 6.78. The second kappa shape index (κ2) is 6.47. The van der Waals surface area contributed by atoms with Gasteiger partial charge in [0.05, 0.1) is 18.8 Å². The summed E-state index contributed by atoms with van der Waals surface area (Å²) in [5.41, 5.74) is 11.3. The van der Waals surface area contributed by atoms with E-state index in [4.69, 9.17) is 16.2 Å². The Hall–Kier alpha value is -0.690. The molecule has 2 fully saturated rings. The largest absolute Gasteiger partial charge is 0.374 e. The minimum absolute atomic E-state index is 0.0299. The zero-order valence-corrected chi connectivity index (χ0v) is 10.8. The van der Waals surface area contributed by atoms with E-state index < -0.39 is 0 Å². The van der Waals surface area contributed by atoms with Crippen molar-refractivity contribution in [2.24, 2.45) is 17.4 Å². The van der Waals surface area contributed by atoms with Crippen LogP contribution in [0.5, 0.6) is 0 Å². The molecule has 2 unspecified atom stereocenters. The number of ether oxygens (including phenoxy) is 1. The number of carbonyl (C=O) groups is 1. The van der Waals surface area contributed by atoms with Crippen molar-refractivity contribution in [1.82, 2.24) is 10.2 Å². The second-order valence-electron chi connectivity index (χ2n) is 5.16. The van der Waals surface area contributed by atoms with Crippen molar-refractivity contribution < 1.29 is 9.53 Å². The predicted molar refractivity (Wildman–Crippen MR) is 68.9 cm³/mol. The topological polar surface area (TPSA) is 93.6 Å². The van der Waals surface area contributed by atoms with E-state index in [0.29, 0.717) is 25.6 Å². The van der Waals surface area contributed by atoms with Gasteiger partial charge in [-0.25, -0.2) is 0 Å². The predicted octanol–water partition coefficient (Wildman–Crippen LogP) is -1.50. The first kappa shape index (κ1) is 13.7. The highest BCUT2D eigenvalue weighted by Gasteiger charge is 2.35. The van der Waals surface area contributed by atoms with E-state index in [1.165, 1.54) is 0 Å². The van der Waals surface area contributed by atoms with E-state index in [1.807, 2.05) is 0 Å². The van der Waals surface area contributed by atoms with Crippen LogP contribution in [0.3, 0.4) is 0 Å². The van der Waals surface area contributed by atoms with Gasteiger partial charge in [-0.15, -0.1) is 0 Å². The highest BCUT2D eigenvalue weighted by molar-refractivity contribution is 5.80. The van der Waals surface area contributed by atoms with Crippen LogP contribution in [-0.4, -0.2) is 62.3 Å². The van der Waals surface area contributed by atoms with Crippen LogP contribution >= 0.6 is 0 Å². The minimum Gasteiger partial charge on any atom is -0.374 e. The van der Waals surface area contributed by atoms with Gasteiger partial charge < -0.3 is 21.5 Å². The molecule has 2 rings (SSSR count). The fraction of sp³-hybridized carbons (Fsp3) is 0.917. The van der Waals surface area contributed by atoms with Crippen molar-refractivity contribution in [3.05, 3.63) is 0 Å². The number of nitrogens with one attached hydrogen (secondary N) is 1. The molecule has 0 spiro atoms. The third-order valence-corrected chi connectivity index (χ3v) is 3.95. The van der Waals surface area contributed by atoms with Crippen LogP contribution in [-0.2, 0) is 9.53 Å². The zero-order chi connectivity index (χ0) is 13.0. The molecule has 0 radical (unpaired) electrons. The Bertz CT molecular complexity index is 281. The Morgan fingerprint density at radius 2 is 2.17 bits per heavy atom. The number of amides is 1. The highest BCUT2D eigenvalue weighted by Crippen LogP contribution is 2.22. The summed E-state index contributed by atoms with van der Waals surface area (Å²) in [6.07, 6.45) is 2.05. The Morgan fingerprint density at radius 3 is 2.78 bits per heavy atom.